The molecule has 1 amide bonds. The van der Waals surface area contributed by atoms with E-state index < -0.39 is 11.5 Å². The van der Waals surface area contributed by atoms with Gasteiger partial charge in [0.25, 0.3) is 11.5 Å². The van der Waals surface area contributed by atoms with Crippen LogP contribution in [0.5, 0.6) is 5.88 Å². The van der Waals surface area contributed by atoms with Crippen LogP contribution in [-0.4, -0.2) is 26.8 Å². The van der Waals surface area contributed by atoms with E-state index >= 15 is 0 Å². The molecule has 0 atom stereocenters. The summed E-state index contributed by atoms with van der Waals surface area (Å²) in [6.45, 7) is 0. The Bertz CT molecular complexity index is 882. The molecule has 0 spiro atoms. The van der Waals surface area contributed by atoms with Crippen molar-refractivity contribution in [3.05, 3.63) is 56.6 Å². The van der Waals surface area contributed by atoms with Crippen LogP contribution in [0.2, 0.25) is 0 Å². The zero-order valence-corrected chi connectivity index (χ0v) is 12.8. The molecule has 1 heterocycles. The lowest BCUT2D eigenvalue weighted by Gasteiger charge is -2.09. The number of rotatable bonds is 4. The number of hydrogen-bond donors (Lipinski definition) is 3. The maximum absolute atomic E-state index is 11.9. The third-order valence-corrected chi connectivity index (χ3v) is 3.76. The summed E-state index contributed by atoms with van der Waals surface area (Å²) >= 11 is 5.05. The minimum Gasteiger partial charge on any atom is -0.494 e. The van der Waals surface area contributed by atoms with E-state index in [0.717, 1.165) is 19.1 Å². The van der Waals surface area contributed by atoms with Crippen molar-refractivity contribution in [2.24, 2.45) is 5.10 Å². The van der Waals surface area contributed by atoms with Crippen LogP contribution >= 0.6 is 12.2 Å². The molecule has 7 nitrogen and oxygen atoms in total. The van der Waals surface area contributed by atoms with E-state index in [1.54, 1.807) is 30.3 Å². The number of amides is 1. The topological polar surface area (TPSA) is 99.5 Å². The molecule has 0 saturated heterocycles. The summed E-state index contributed by atoms with van der Waals surface area (Å²) in [5.74, 6) is -0.647. The van der Waals surface area contributed by atoms with Crippen molar-refractivity contribution in [1.82, 2.24) is 15.0 Å². The number of hydrogen-bond acceptors (Lipinski definition) is 5. The summed E-state index contributed by atoms with van der Waals surface area (Å²) in [7, 11) is 0. The van der Waals surface area contributed by atoms with Gasteiger partial charge in [-0.1, -0.05) is 18.2 Å². The van der Waals surface area contributed by atoms with Gasteiger partial charge in [0, 0.05) is 11.6 Å². The van der Waals surface area contributed by atoms with E-state index in [1.807, 2.05) is 0 Å². The van der Waals surface area contributed by atoms with Gasteiger partial charge < -0.3 is 5.11 Å². The number of H-pyrrole nitrogens is 1. The van der Waals surface area contributed by atoms with Gasteiger partial charge in [-0.3, -0.25) is 19.1 Å². The normalized spacial score (nSPS) is 14.1. The van der Waals surface area contributed by atoms with Gasteiger partial charge >= 0.3 is 0 Å². The van der Waals surface area contributed by atoms with Crippen LogP contribution in [0.3, 0.4) is 0 Å². The van der Waals surface area contributed by atoms with Gasteiger partial charge in [-0.15, -0.1) is 0 Å². The Balaban J connectivity index is 1.83. The van der Waals surface area contributed by atoms with Crippen LogP contribution in [0.1, 0.15) is 34.8 Å². The van der Waals surface area contributed by atoms with Crippen molar-refractivity contribution in [3.8, 4) is 5.88 Å². The average Bonchev–Trinajstić information content (AvgIpc) is 3.35. The highest BCUT2D eigenvalue weighted by molar-refractivity contribution is 7.71. The summed E-state index contributed by atoms with van der Waals surface area (Å²) in [5, 5.41) is 14.0. The third-order valence-electron chi connectivity index (χ3n) is 3.46. The molecule has 0 aliphatic heterocycles. The molecule has 2 aromatic rings. The maximum Gasteiger partial charge on any atom is 0.271 e. The molecule has 0 unspecified atom stereocenters. The smallest absolute Gasteiger partial charge is 0.271 e. The maximum atomic E-state index is 11.9. The number of nitrogens with one attached hydrogen (secondary N) is 2. The molecule has 1 aliphatic carbocycles. The fraction of sp³-hybridized carbons (Fsp3) is 0.200. The first-order chi connectivity index (χ1) is 11.1. The number of carbonyl (C=O) groups is 1. The highest BCUT2D eigenvalue weighted by Gasteiger charge is 2.27. The molecule has 0 bridgehead atoms. The zero-order chi connectivity index (χ0) is 16.4. The van der Waals surface area contributed by atoms with Crippen LogP contribution in [0.25, 0.3) is 0 Å². The molecule has 118 valence electrons. The van der Waals surface area contributed by atoms with Gasteiger partial charge in [0.15, 0.2) is 4.77 Å². The number of hydrazone groups is 1. The quantitative estimate of drug-likeness (QED) is 0.451. The van der Waals surface area contributed by atoms with Crippen molar-refractivity contribution >= 4 is 24.3 Å². The Kier molecular flexibility index (Phi) is 4.07. The predicted molar refractivity (Wildman–Crippen MR) is 87.3 cm³/mol. The molecular weight excluding hydrogens is 316 g/mol. The molecule has 1 saturated carbocycles. The predicted octanol–water partition coefficient (Wildman–Crippen LogP) is 1.71. The molecule has 1 aliphatic rings. The monoisotopic (exact) mass is 330 g/mol. The van der Waals surface area contributed by atoms with E-state index in [2.05, 4.69) is 15.5 Å². The van der Waals surface area contributed by atoms with Crippen LogP contribution in [-0.2, 0) is 0 Å². The Morgan fingerprint density at radius 3 is 2.74 bits per heavy atom. The van der Waals surface area contributed by atoms with Gasteiger partial charge in [0.05, 0.1) is 6.21 Å². The number of aromatic nitrogens is 2. The SMILES string of the molecule is O=C(N/N=C/c1c(O)n(C2CC2)c(=S)[nH]c1=O)c1ccccc1. The van der Waals surface area contributed by atoms with E-state index in [4.69, 9.17) is 12.2 Å². The Hall–Kier alpha value is -2.74. The van der Waals surface area contributed by atoms with Crippen molar-refractivity contribution in [2.75, 3.05) is 0 Å². The summed E-state index contributed by atoms with van der Waals surface area (Å²) in [4.78, 5) is 26.2. The van der Waals surface area contributed by atoms with E-state index in [0.29, 0.717) is 5.56 Å². The lowest BCUT2D eigenvalue weighted by atomic mass is 10.2. The molecule has 3 N–H and O–H groups in total. The van der Waals surface area contributed by atoms with Crippen LogP contribution in [0.4, 0.5) is 0 Å². The Morgan fingerprint density at radius 2 is 2.09 bits per heavy atom. The lowest BCUT2D eigenvalue weighted by molar-refractivity contribution is 0.0955. The van der Waals surface area contributed by atoms with Crippen LogP contribution in [0.15, 0.2) is 40.2 Å². The summed E-state index contributed by atoms with van der Waals surface area (Å²) < 4.78 is 1.68. The fourth-order valence-corrected chi connectivity index (χ4v) is 2.48. The van der Waals surface area contributed by atoms with Crippen molar-refractivity contribution in [1.29, 1.82) is 0 Å². The van der Waals surface area contributed by atoms with Gasteiger partial charge in [0.2, 0.25) is 5.88 Å². The Morgan fingerprint density at radius 1 is 1.39 bits per heavy atom. The molecule has 1 aromatic carbocycles. The highest BCUT2D eigenvalue weighted by Crippen LogP contribution is 2.37. The van der Waals surface area contributed by atoms with E-state index in [9.17, 15) is 14.7 Å². The minimum absolute atomic E-state index is 0.0427. The summed E-state index contributed by atoms with van der Waals surface area (Å²) in [5.41, 5.74) is 2.16. The van der Waals surface area contributed by atoms with Gasteiger partial charge in [-0.05, 0) is 37.2 Å². The van der Waals surface area contributed by atoms with Gasteiger partial charge in [0.1, 0.15) is 5.56 Å². The first-order valence-electron chi connectivity index (χ1n) is 7.04. The Labute approximate surface area is 136 Å². The van der Waals surface area contributed by atoms with Crippen molar-refractivity contribution in [2.45, 2.75) is 18.9 Å². The molecule has 23 heavy (non-hydrogen) atoms. The van der Waals surface area contributed by atoms with Crippen LogP contribution < -0.4 is 11.0 Å². The molecule has 8 heteroatoms. The molecule has 3 rings (SSSR count). The summed E-state index contributed by atoms with van der Waals surface area (Å²) in [6.07, 6.45) is 2.91. The third kappa shape index (κ3) is 3.21. The number of aromatic amines is 1. The average molecular weight is 330 g/mol. The van der Waals surface area contributed by atoms with Crippen molar-refractivity contribution in [3.63, 3.8) is 0 Å². The fourth-order valence-electron chi connectivity index (χ4n) is 2.15. The number of benzene rings is 1. The molecule has 0 radical (unpaired) electrons. The standard InChI is InChI=1S/C15H14N4O3S/c20-12(9-4-2-1-3-5-9)18-16-8-11-13(21)17-15(23)19(14(11)22)10-6-7-10/h1-5,8,10,22H,6-7H2,(H,18,20)(H,17,21,23)/b16-8+. The lowest BCUT2D eigenvalue weighted by Crippen LogP contribution is -2.21. The first-order valence-corrected chi connectivity index (χ1v) is 7.45. The van der Waals surface area contributed by atoms with Gasteiger partial charge in [-0.2, -0.15) is 5.10 Å². The number of nitrogens with zero attached hydrogens (tertiary/aromatic N) is 2. The van der Waals surface area contributed by atoms with Gasteiger partial charge in [-0.25, -0.2) is 5.43 Å². The second-order valence-electron chi connectivity index (χ2n) is 5.16. The number of aromatic hydroxyl groups is 1. The second-order valence-corrected chi connectivity index (χ2v) is 5.55. The zero-order valence-electron chi connectivity index (χ0n) is 12.0. The first kappa shape index (κ1) is 15.2. The van der Waals surface area contributed by atoms with Crippen molar-refractivity contribution < 1.29 is 9.90 Å². The molecule has 1 fully saturated rings. The minimum atomic E-state index is -0.554. The van der Waals surface area contributed by atoms with E-state index in [-0.39, 0.29) is 22.3 Å². The highest BCUT2D eigenvalue weighted by atomic mass is 32.1. The second kappa shape index (κ2) is 6.17. The van der Waals surface area contributed by atoms with E-state index in [1.165, 1.54) is 4.57 Å². The number of carbonyl (C=O) groups excluding carboxylic acids is 1. The molecule has 1 aromatic heterocycles. The molecular formula is C15H14N4O3S. The van der Waals surface area contributed by atoms with Crippen LogP contribution in [0, 0.1) is 4.77 Å². The summed E-state index contributed by atoms with van der Waals surface area (Å²) in [6, 6.07) is 8.64. The largest absolute Gasteiger partial charge is 0.494 e.